The second-order valence-electron chi connectivity index (χ2n) is 9.14. The fraction of sp³-hybridized carbons (Fsp3) is 0.129. The van der Waals surface area contributed by atoms with Crippen molar-refractivity contribution in [1.29, 1.82) is 0 Å². The van der Waals surface area contributed by atoms with E-state index in [1.807, 2.05) is 0 Å². The summed E-state index contributed by atoms with van der Waals surface area (Å²) in [6.07, 6.45) is 0. The molecule has 222 valence electrons. The molecule has 43 heavy (non-hydrogen) atoms. The lowest BCUT2D eigenvalue weighted by Gasteiger charge is -2.24. The van der Waals surface area contributed by atoms with Crippen LogP contribution < -0.4 is 24.5 Å². The summed E-state index contributed by atoms with van der Waals surface area (Å²) in [4.78, 5) is 25.7. The zero-order valence-corrected chi connectivity index (χ0v) is 25.1. The number of carbonyl (C=O) groups is 2. The van der Waals surface area contributed by atoms with Gasteiger partial charge in [-0.05, 0) is 67.1 Å². The Kier molecular flexibility index (Phi) is 10.0. The molecule has 12 heteroatoms. The second-order valence-corrected chi connectivity index (χ2v) is 11.4. The normalized spacial score (nSPS) is 11.4. The van der Waals surface area contributed by atoms with Gasteiger partial charge in [-0.1, -0.05) is 48.0 Å². The third-order valence-electron chi connectivity index (χ3n) is 6.25. The van der Waals surface area contributed by atoms with Crippen molar-refractivity contribution in [2.75, 3.05) is 30.4 Å². The van der Waals surface area contributed by atoms with Crippen LogP contribution in [-0.4, -0.2) is 46.7 Å². The smallest absolute Gasteiger partial charge is 0.264 e. The number of carbonyl (C=O) groups excluding carboxylic acids is 2. The Morgan fingerprint density at radius 2 is 1.53 bits per heavy atom. The summed E-state index contributed by atoms with van der Waals surface area (Å²) in [7, 11) is -1.25. The quantitative estimate of drug-likeness (QED) is 0.172. The molecule has 0 saturated heterocycles. The molecule has 4 aromatic carbocycles. The van der Waals surface area contributed by atoms with E-state index in [0.29, 0.717) is 39.0 Å². The molecule has 0 radical (unpaired) electrons. The van der Waals surface area contributed by atoms with E-state index in [9.17, 15) is 18.0 Å². The van der Waals surface area contributed by atoms with Crippen LogP contribution in [0.15, 0.2) is 107 Å². The molecule has 2 N–H and O–H groups in total. The predicted molar refractivity (Wildman–Crippen MR) is 167 cm³/mol. The number of methoxy groups -OCH3 is 2. The molecule has 0 bridgehead atoms. The fourth-order valence-electron chi connectivity index (χ4n) is 4.05. The molecule has 0 aliphatic rings. The van der Waals surface area contributed by atoms with Gasteiger partial charge in [0, 0.05) is 22.3 Å². The van der Waals surface area contributed by atoms with Gasteiger partial charge in [0.15, 0.2) is 11.5 Å². The summed E-state index contributed by atoms with van der Waals surface area (Å²) in [6.45, 7) is 1.10. The number of nitrogens with zero attached hydrogens (tertiary/aromatic N) is 2. The molecule has 10 nitrogen and oxygen atoms in total. The minimum Gasteiger partial charge on any atom is -0.493 e. The fourth-order valence-corrected chi connectivity index (χ4v) is 5.67. The molecule has 0 aromatic heterocycles. The number of anilines is 2. The first-order chi connectivity index (χ1) is 20.6. The lowest BCUT2D eigenvalue weighted by molar-refractivity contribution is -0.119. The number of hydrogen-bond donors (Lipinski definition) is 2. The van der Waals surface area contributed by atoms with Crippen molar-refractivity contribution < 1.29 is 27.5 Å². The zero-order valence-electron chi connectivity index (χ0n) is 23.6. The molecular weight excluding hydrogens is 592 g/mol. The first kappa shape index (κ1) is 31.1. The third-order valence-corrected chi connectivity index (χ3v) is 8.27. The monoisotopic (exact) mass is 620 g/mol. The van der Waals surface area contributed by atoms with Crippen molar-refractivity contribution in [2.45, 2.75) is 11.8 Å². The number of hydrazone groups is 1. The Hall–Kier alpha value is -4.87. The van der Waals surface area contributed by atoms with Crippen LogP contribution in [-0.2, 0) is 14.8 Å². The van der Waals surface area contributed by atoms with Crippen molar-refractivity contribution in [1.82, 2.24) is 5.43 Å². The Labute approximate surface area is 254 Å². The van der Waals surface area contributed by atoms with E-state index in [1.165, 1.54) is 38.5 Å². The standard InChI is InChI=1S/C31H29ClN4O6S/c1-21(22-9-8-12-25(18-22)33-31(38)23-10-7-11-24(32)17-23)34-35-30(37)20-36(43(39,40)27-13-5-4-6-14-27)26-15-16-28(41-2)29(19-26)42-3/h4-19H,20H2,1-3H3,(H,33,38)(H,35,37)/b34-21-. The van der Waals surface area contributed by atoms with Crippen molar-refractivity contribution in [3.05, 3.63) is 113 Å². The maximum absolute atomic E-state index is 13.6. The molecule has 0 unspecified atom stereocenters. The number of nitrogens with one attached hydrogen (secondary N) is 2. The summed E-state index contributed by atoms with van der Waals surface area (Å²) >= 11 is 5.99. The van der Waals surface area contributed by atoms with Gasteiger partial charge in [0.25, 0.3) is 21.8 Å². The highest BCUT2D eigenvalue weighted by molar-refractivity contribution is 7.92. The number of halogens is 1. The van der Waals surface area contributed by atoms with Gasteiger partial charge in [0.2, 0.25) is 0 Å². The van der Waals surface area contributed by atoms with Gasteiger partial charge in [-0.15, -0.1) is 0 Å². The molecule has 0 aliphatic carbocycles. The summed E-state index contributed by atoms with van der Waals surface area (Å²) in [5.74, 6) is -0.319. The molecule has 4 rings (SSSR count). The summed E-state index contributed by atoms with van der Waals surface area (Å²) < 4.78 is 38.8. The molecule has 0 spiro atoms. The Morgan fingerprint density at radius 3 is 2.23 bits per heavy atom. The Balaban J connectivity index is 1.54. The van der Waals surface area contributed by atoms with E-state index >= 15 is 0 Å². The number of amides is 2. The molecule has 0 atom stereocenters. The third kappa shape index (κ3) is 7.70. The topological polar surface area (TPSA) is 126 Å². The van der Waals surface area contributed by atoms with E-state index < -0.39 is 22.5 Å². The summed E-state index contributed by atoms with van der Waals surface area (Å²) in [5, 5.41) is 7.42. The maximum Gasteiger partial charge on any atom is 0.264 e. The first-order valence-corrected chi connectivity index (χ1v) is 14.7. The largest absolute Gasteiger partial charge is 0.493 e. The van der Waals surface area contributed by atoms with Gasteiger partial charge in [-0.2, -0.15) is 5.10 Å². The van der Waals surface area contributed by atoms with Crippen LogP contribution in [0.2, 0.25) is 5.02 Å². The number of sulfonamides is 1. The highest BCUT2D eigenvalue weighted by Gasteiger charge is 2.28. The van der Waals surface area contributed by atoms with E-state index in [-0.39, 0.29) is 16.5 Å². The summed E-state index contributed by atoms with van der Waals surface area (Å²) in [5.41, 5.74) is 4.59. The molecule has 0 heterocycles. The number of rotatable bonds is 11. The highest BCUT2D eigenvalue weighted by Crippen LogP contribution is 2.33. The molecule has 0 aliphatic heterocycles. The molecule has 4 aromatic rings. The number of benzene rings is 4. The lowest BCUT2D eigenvalue weighted by Crippen LogP contribution is -2.39. The van der Waals surface area contributed by atoms with Crippen molar-refractivity contribution in [2.24, 2.45) is 5.10 Å². The zero-order chi connectivity index (χ0) is 31.0. The van der Waals surface area contributed by atoms with E-state index in [2.05, 4.69) is 15.8 Å². The van der Waals surface area contributed by atoms with Crippen LogP contribution in [0.1, 0.15) is 22.8 Å². The first-order valence-electron chi connectivity index (χ1n) is 12.9. The average molecular weight is 621 g/mol. The summed E-state index contributed by atoms with van der Waals surface area (Å²) in [6, 6.07) is 25.8. The Bertz CT molecular complexity index is 1760. The van der Waals surface area contributed by atoms with Crippen molar-refractivity contribution in [3.8, 4) is 11.5 Å². The van der Waals surface area contributed by atoms with Gasteiger partial charge in [-0.3, -0.25) is 13.9 Å². The minimum absolute atomic E-state index is 0.00824. The number of hydrogen-bond acceptors (Lipinski definition) is 7. The van der Waals surface area contributed by atoms with Crippen LogP contribution in [0.4, 0.5) is 11.4 Å². The van der Waals surface area contributed by atoms with E-state index in [4.69, 9.17) is 21.1 Å². The van der Waals surface area contributed by atoms with Crippen LogP contribution in [0, 0.1) is 0 Å². The van der Waals surface area contributed by atoms with Gasteiger partial charge in [-0.25, -0.2) is 13.8 Å². The van der Waals surface area contributed by atoms with Crippen molar-refractivity contribution >= 4 is 50.5 Å². The molecule has 0 saturated carbocycles. The van der Waals surface area contributed by atoms with Crippen LogP contribution in [0.5, 0.6) is 11.5 Å². The van der Waals surface area contributed by atoms with Crippen LogP contribution >= 0.6 is 11.6 Å². The van der Waals surface area contributed by atoms with E-state index in [1.54, 1.807) is 79.7 Å². The average Bonchev–Trinajstić information content (AvgIpc) is 3.02. The van der Waals surface area contributed by atoms with E-state index in [0.717, 1.165) is 4.31 Å². The van der Waals surface area contributed by atoms with Crippen molar-refractivity contribution in [3.63, 3.8) is 0 Å². The molecule has 2 amide bonds. The van der Waals surface area contributed by atoms with Gasteiger partial charge in [0.05, 0.1) is 30.5 Å². The number of ether oxygens (including phenoxy) is 2. The van der Waals surface area contributed by atoms with Crippen LogP contribution in [0.25, 0.3) is 0 Å². The van der Waals surface area contributed by atoms with Gasteiger partial charge >= 0.3 is 0 Å². The lowest BCUT2D eigenvalue weighted by atomic mass is 10.1. The Morgan fingerprint density at radius 1 is 0.837 bits per heavy atom. The van der Waals surface area contributed by atoms with Gasteiger partial charge in [0.1, 0.15) is 6.54 Å². The molecule has 0 fully saturated rings. The second kappa shape index (κ2) is 13.9. The maximum atomic E-state index is 13.6. The predicted octanol–water partition coefficient (Wildman–Crippen LogP) is 5.35. The highest BCUT2D eigenvalue weighted by atomic mass is 35.5. The minimum atomic E-state index is -4.15. The van der Waals surface area contributed by atoms with Crippen LogP contribution in [0.3, 0.4) is 0 Å². The SMILES string of the molecule is COc1ccc(N(CC(=O)N/N=C(/C)c2cccc(NC(=O)c3cccc(Cl)c3)c2)S(=O)(=O)c2ccccc2)cc1OC. The molecular formula is C31H29ClN4O6S. The van der Waals surface area contributed by atoms with Gasteiger partial charge < -0.3 is 14.8 Å².